The summed E-state index contributed by atoms with van der Waals surface area (Å²) >= 11 is 0. The Labute approximate surface area is 115 Å². The number of rotatable bonds is 3. The van der Waals surface area contributed by atoms with Crippen LogP contribution < -0.4 is 9.47 Å². The Hall–Kier alpha value is -2.62. The molecule has 2 aromatic carbocycles. The first-order valence-corrected chi connectivity index (χ1v) is 6.10. The Kier molecular flexibility index (Phi) is 3.21. The van der Waals surface area contributed by atoms with Gasteiger partial charge in [0.1, 0.15) is 5.82 Å². The zero-order valence-corrected chi connectivity index (χ0v) is 10.5. The SMILES string of the molecule is O=C(C=Cc1ccc2c(c1)OCO2)c1cccc(F)c1. The van der Waals surface area contributed by atoms with Crippen molar-refractivity contribution in [2.75, 3.05) is 6.79 Å². The number of allylic oxidation sites excluding steroid dienone is 1. The van der Waals surface area contributed by atoms with Gasteiger partial charge in [-0.3, -0.25) is 4.79 Å². The van der Waals surface area contributed by atoms with Crippen LogP contribution in [-0.2, 0) is 0 Å². The second-order valence-corrected chi connectivity index (χ2v) is 4.32. The van der Waals surface area contributed by atoms with Gasteiger partial charge < -0.3 is 9.47 Å². The molecular formula is C16H11FO3. The average Bonchev–Trinajstić information content (AvgIpc) is 2.92. The van der Waals surface area contributed by atoms with Gasteiger partial charge in [0.05, 0.1) is 0 Å². The summed E-state index contributed by atoms with van der Waals surface area (Å²) in [6.45, 7) is 0.213. The number of carbonyl (C=O) groups excluding carboxylic acids is 1. The van der Waals surface area contributed by atoms with Crippen molar-refractivity contribution in [2.45, 2.75) is 0 Å². The second kappa shape index (κ2) is 5.17. The van der Waals surface area contributed by atoms with Gasteiger partial charge in [-0.05, 0) is 35.9 Å². The molecule has 0 unspecified atom stereocenters. The van der Waals surface area contributed by atoms with Crippen molar-refractivity contribution in [3.63, 3.8) is 0 Å². The van der Waals surface area contributed by atoms with Gasteiger partial charge in [0.25, 0.3) is 0 Å². The quantitative estimate of drug-likeness (QED) is 0.633. The van der Waals surface area contributed by atoms with E-state index < -0.39 is 5.82 Å². The van der Waals surface area contributed by atoms with Crippen molar-refractivity contribution in [1.82, 2.24) is 0 Å². The summed E-state index contributed by atoms with van der Waals surface area (Å²) in [7, 11) is 0. The molecule has 1 aliphatic heterocycles. The normalized spacial score (nSPS) is 12.8. The number of ketones is 1. The van der Waals surface area contributed by atoms with E-state index in [0.717, 1.165) is 5.56 Å². The summed E-state index contributed by atoms with van der Waals surface area (Å²) in [5.41, 5.74) is 1.14. The number of benzene rings is 2. The van der Waals surface area contributed by atoms with Crippen LogP contribution in [0.3, 0.4) is 0 Å². The molecule has 0 fully saturated rings. The lowest BCUT2D eigenvalue weighted by Gasteiger charge is -1.98. The van der Waals surface area contributed by atoms with E-state index in [-0.39, 0.29) is 12.6 Å². The van der Waals surface area contributed by atoms with Crippen molar-refractivity contribution < 1.29 is 18.7 Å². The van der Waals surface area contributed by atoms with Crippen molar-refractivity contribution in [1.29, 1.82) is 0 Å². The topological polar surface area (TPSA) is 35.5 Å². The fraction of sp³-hybridized carbons (Fsp3) is 0.0625. The van der Waals surface area contributed by atoms with Crippen molar-refractivity contribution in [3.8, 4) is 11.5 Å². The van der Waals surface area contributed by atoms with E-state index >= 15 is 0 Å². The summed E-state index contributed by atoms with van der Waals surface area (Å²) < 4.78 is 23.5. The van der Waals surface area contributed by atoms with Gasteiger partial charge in [0, 0.05) is 5.56 Å². The maximum atomic E-state index is 13.0. The predicted octanol–water partition coefficient (Wildman–Crippen LogP) is 3.45. The van der Waals surface area contributed by atoms with Gasteiger partial charge in [0.15, 0.2) is 17.3 Å². The molecule has 1 aliphatic rings. The Morgan fingerprint density at radius 2 is 1.95 bits per heavy atom. The first-order chi connectivity index (χ1) is 9.72. The third-order valence-corrected chi connectivity index (χ3v) is 2.93. The van der Waals surface area contributed by atoms with Gasteiger partial charge in [-0.15, -0.1) is 0 Å². The van der Waals surface area contributed by atoms with Gasteiger partial charge in [0.2, 0.25) is 6.79 Å². The molecule has 4 heteroatoms. The molecule has 0 bridgehead atoms. The highest BCUT2D eigenvalue weighted by Gasteiger charge is 2.12. The zero-order valence-electron chi connectivity index (χ0n) is 10.5. The Morgan fingerprint density at radius 3 is 2.80 bits per heavy atom. The molecule has 0 N–H and O–H groups in total. The van der Waals surface area contributed by atoms with Gasteiger partial charge >= 0.3 is 0 Å². The van der Waals surface area contributed by atoms with Gasteiger partial charge in [-0.25, -0.2) is 4.39 Å². The molecule has 0 atom stereocenters. The number of ether oxygens (including phenoxy) is 2. The first-order valence-electron chi connectivity index (χ1n) is 6.10. The van der Waals surface area contributed by atoms with Crippen LogP contribution in [0.5, 0.6) is 11.5 Å². The second-order valence-electron chi connectivity index (χ2n) is 4.32. The number of halogens is 1. The Bertz CT molecular complexity index is 692. The van der Waals surface area contributed by atoms with Crippen LogP contribution >= 0.6 is 0 Å². The molecule has 1 heterocycles. The van der Waals surface area contributed by atoms with E-state index in [1.54, 1.807) is 24.3 Å². The molecule has 2 aromatic rings. The minimum Gasteiger partial charge on any atom is -0.454 e. The third-order valence-electron chi connectivity index (χ3n) is 2.93. The highest BCUT2D eigenvalue weighted by atomic mass is 19.1. The molecule has 3 rings (SSSR count). The van der Waals surface area contributed by atoms with E-state index in [4.69, 9.17) is 9.47 Å². The molecule has 0 aromatic heterocycles. The average molecular weight is 270 g/mol. The minimum atomic E-state index is -0.424. The molecule has 0 saturated carbocycles. The standard InChI is InChI=1S/C16H11FO3/c17-13-3-1-2-12(9-13)14(18)6-4-11-5-7-15-16(8-11)20-10-19-15/h1-9H,10H2. The van der Waals surface area contributed by atoms with Crippen molar-refractivity contribution >= 4 is 11.9 Å². The molecule has 0 amide bonds. The lowest BCUT2D eigenvalue weighted by molar-refractivity contribution is 0.104. The maximum Gasteiger partial charge on any atom is 0.231 e. The van der Waals surface area contributed by atoms with Crippen LogP contribution in [0, 0.1) is 5.82 Å². The summed E-state index contributed by atoms with van der Waals surface area (Å²) in [5, 5.41) is 0. The van der Waals surface area contributed by atoms with Crippen molar-refractivity contribution in [3.05, 3.63) is 65.5 Å². The van der Waals surface area contributed by atoms with Crippen LogP contribution in [-0.4, -0.2) is 12.6 Å². The minimum absolute atomic E-state index is 0.213. The van der Waals surface area contributed by atoms with E-state index in [0.29, 0.717) is 17.1 Å². The summed E-state index contributed by atoms with van der Waals surface area (Å²) in [5.74, 6) is 0.679. The van der Waals surface area contributed by atoms with Crippen LogP contribution in [0.4, 0.5) is 4.39 Å². The van der Waals surface area contributed by atoms with Crippen LogP contribution in [0.25, 0.3) is 6.08 Å². The summed E-state index contributed by atoms with van der Waals surface area (Å²) in [6.07, 6.45) is 3.07. The monoisotopic (exact) mass is 270 g/mol. The maximum absolute atomic E-state index is 13.0. The number of hydrogen-bond donors (Lipinski definition) is 0. The first kappa shape index (κ1) is 12.4. The van der Waals surface area contributed by atoms with Crippen LogP contribution in [0.2, 0.25) is 0 Å². The third kappa shape index (κ3) is 2.54. The molecule has 0 aliphatic carbocycles. The molecule has 100 valence electrons. The number of hydrogen-bond acceptors (Lipinski definition) is 3. The Morgan fingerprint density at radius 1 is 1.10 bits per heavy atom. The number of fused-ring (bicyclic) bond motifs is 1. The molecule has 0 radical (unpaired) electrons. The highest BCUT2D eigenvalue weighted by molar-refractivity contribution is 6.06. The predicted molar refractivity (Wildman–Crippen MR) is 72.3 cm³/mol. The lowest BCUT2D eigenvalue weighted by Crippen LogP contribution is -1.94. The largest absolute Gasteiger partial charge is 0.454 e. The fourth-order valence-corrected chi connectivity index (χ4v) is 1.93. The Balaban J connectivity index is 1.78. The van der Waals surface area contributed by atoms with E-state index in [1.165, 1.54) is 24.3 Å². The van der Waals surface area contributed by atoms with E-state index in [2.05, 4.69) is 0 Å². The molecule has 0 spiro atoms. The summed E-state index contributed by atoms with van der Waals surface area (Å²) in [6, 6.07) is 11.0. The lowest BCUT2D eigenvalue weighted by atomic mass is 10.1. The smallest absolute Gasteiger partial charge is 0.231 e. The number of carbonyl (C=O) groups is 1. The molecule has 0 saturated heterocycles. The molecule has 3 nitrogen and oxygen atoms in total. The van der Waals surface area contributed by atoms with E-state index in [9.17, 15) is 9.18 Å². The zero-order chi connectivity index (χ0) is 13.9. The van der Waals surface area contributed by atoms with Crippen molar-refractivity contribution in [2.24, 2.45) is 0 Å². The van der Waals surface area contributed by atoms with Crippen LogP contribution in [0.1, 0.15) is 15.9 Å². The van der Waals surface area contributed by atoms with Gasteiger partial charge in [-0.1, -0.05) is 24.3 Å². The van der Waals surface area contributed by atoms with E-state index in [1.807, 2.05) is 6.07 Å². The van der Waals surface area contributed by atoms with Gasteiger partial charge in [-0.2, -0.15) is 0 Å². The fourth-order valence-electron chi connectivity index (χ4n) is 1.93. The summed E-state index contributed by atoms with van der Waals surface area (Å²) in [4.78, 5) is 11.9. The van der Waals surface area contributed by atoms with Crippen LogP contribution in [0.15, 0.2) is 48.5 Å². The molecular weight excluding hydrogens is 259 g/mol. The highest BCUT2D eigenvalue weighted by Crippen LogP contribution is 2.32. The molecule has 20 heavy (non-hydrogen) atoms.